The van der Waals surface area contributed by atoms with Gasteiger partial charge in [0.2, 0.25) is 0 Å². The SMILES string of the molecule is CC(C)C(N)c1cc2cc(Cl)cc(Cl)c2o1. The van der Waals surface area contributed by atoms with Gasteiger partial charge in [-0.05, 0) is 24.1 Å². The highest BCUT2D eigenvalue weighted by Crippen LogP contribution is 2.33. The number of hydrogen-bond donors (Lipinski definition) is 1. The molecule has 0 radical (unpaired) electrons. The van der Waals surface area contributed by atoms with Crippen molar-refractivity contribution in [1.29, 1.82) is 0 Å². The highest BCUT2D eigenvalue weighted by molar-refractivity contribution is 6.38. The van der Waals surface area contributed by atoms with E-state index in [1.807, 2.05) is 26.0 Å². The number of furan rings is 1. The van der Waals surface area contributed by atoms with E-state index in [1.54, 1.807) is 6.07 Å². The van der Waals surface area contributed by atoms with Crippen molar-refractivity contribution in [1.82, 2.24) is 0 Å². The zero-order chi connectivity index (χ0) is 11.9. The van der Waals surface area contributed by atoms with Crippen LogP contribution in [0.3, 0.4) is 0 Å². The van der Waals surface area contributed by atoms with Gasteiger partial charge in [-0.2, -0.15) is 0 Å². The minimum atomic E-state index is -0.123. The smallest absolute Gasteiger partial charge is 0.153 e. The predicted molar refractivity (Wildman–Crippen MR) is 68.0 cm³/mol. The van der Waals surface area contributed by atoms with Gasteiger partial charge in [0.1, 0.15) is 5.76 Å². The highest BCUT2D eigenvalue weighted by Gasteiger charge is 2.16. The summed E-state index contributed by atoms with van der Waals surface area (Å²) in [5.74, 6) is 1.06. The van der Waals surface area contributed by atoms with Crippen LogP contribution >= 0.6 is 23.2 Å². The zero-order valence-corrected chi connectivity index (χ0v) is 10.6. The first-order chi connectivity index (χ1) is 7.49. The van der Waals surface area contributed by atoms with Crippen LogP contribution in [0.15, 0.2) is 22.6 Å². The second kappa shape index (κ2) is 4.28. The van der Waals surface area contributed by atoms with Crippen molar-refractivity contribution in [2.75, 3.05) is 0 Å². The van der Waals surface area contributed by atoms with E-state index >= 15 is 0 Å². The molecule has 1 unspecified atom stereocenters. The third kappa shape index (κ3) is 2.05. The Morgan fingerprint density at radius 3 is 2.50 bits per heavy atom. The summed E-state index contributed by atoms with van der Waals surface area (Å²) in [5.41, 5.74) is 6.67. The molecule has 0 amide bonds. The van der Waals surface area contributed by atoms with Crippen LogP contribution in [0.1, 0.15) is 25.6 Å². The van der Waals surface area contributed by atoms with E-state index < -0.39 is 0 Å². The summed E-state index contributed by atoms with van der Waals surface area (Å²) < 4.78 is 5.66. The van der Waals surface area contributed by atoms with Gasteiger partial charge in [-0.15, -0.1) is 0 Å². The molecule has 2 aromatic rings. The van der Waals surface area contributed by atoms with Gasteiger partial charge in [-0.1, -0.05) is 37.0 Å². The van der Waals surface area contributed by atoms with Crippen molar-refractivity contribution >= 4 is 34.2 Å². The zero-order valence-electron chi connectivity index (χ0n) is 9.13. The third-order valence-electron chi connectivity index (χ3n) is 2.60. The number of fused-ring (bicyclic) bond motifs is 1. The number of nitrogens with two attached hydrogens (primary N) is 1. The van der Waals surface area contributed by atoms with Gasteiger partial charge in [0.05, 0.1) is 11.1 Å². The molecule has 0 saturated heterocycles. The van der Waals surface area contributed by atoms with Crippen molar-refractivity contribution in [2.24, 2.45) is 11.7 Å². The Kier molecular flexibility index (Phi) is 3.15. The Hall–Kier alpha value is -0.700. The van der Waals surface area contributed by atoms with Gasteiger partial charge in [-0.25, -0.2) is 0 Å². The predicted octanol–water partition coefficient (Wildman–Crippen LogP) is 4.40. The number of hydrogen-bond acceptors (Lipinski definition) is 2. The average Bonchev–Trinajstić information content (AvgIpc) is 2.60. The summed E-state index contributed by atoms with van der Waals surface area (Å²) in [6, 6.07) is 5.27. The average molecular weight is 258 g/mol. The molecule has 16 heavy (non-hydrogen) atoms. The molecule has 86 valence electrons. The van der Waals surface area contributed by atoms with E-state index in [0.717, 1.165) is 11.1 Å². The summed E-state index contributed by atoms with van der Waals surface area (Å²) in [4.78, 5) is 0. The number of halogens is 2. The quantitative estimate of drug-likeness (QED) is 0.867. The molecule has 0 aliphatic carbocycles. The van der Waals surface area contributed by atoms with Gasteiger partial charge in [-0.3, -0.25) is 0 Å². The maximum atomic E-state index is 6.04. The molecule has 1 aromatic carbocycles. The Bertz CT molecular complexity index is 519. The fourth-order valence-corrected chi connectivity index (χ4v) is 2.14. The molecule has 2 N–H and O–H groups in total. The lowest BCUT2D eigenvalue weighted by molar-refractivity contribution is 0.418. The van der Waals surface area contributed by atoms with Gasteiger partial charge < -0.3 is 10.2 Å². The van der Waals surface area contributed by atoms with Gasteiger partial charge in [0.25, 0.3) is 0 Å². The first-order valence-corrected chi connectivity index (χ1v) is 5.88. The maximum absolute atomic E-state index is 6.04. The van der Waals surface area contributed by atoms with Crippen LogP contribution in [-0.4, -0.2) is 0 Å². The summed E-state index contributed by atoms with van der Waals surface area (Å²) in [6.45, 7) is 4.10. The van der Waals surface area contributed by atoms with Crippen LogP contribution in [-0.2, 0) is 0 Å². The van der Waals surface area contributed by atoms with Crippen LogP contribution in [0.4, 0.5) is 0 Å². The van der Waals surface area contributed by atoms with E-state index in [0.29, 0.717) is 21.5 Å². The summed E-state index contributed by atoms with van der Waals surface area (Å²) in [5, 5.41) is 2.01. The summed E-state index contributed by atoms with van der Waals surface area (Å²) >= 11 is 12.0. The molecule has 2 rings (SSSR count). The molecule has 4 heteroatoms. The van der Waals surface area contributed by atoms with Crippen molar-refractivity contribution in [3.63, 3.8) is 0 Å². The monoisotopic (exact) mass is 257 g/mol. The minimum Gasteiger partial charge on any atom is -0.458 e. The molecule has 0 spiro atoms. The Morgan fingerprint density at radius 1 is 1.19 bits per heavy atom. The fourth-order valence-electron chi connectivity index (χ4n) is 1.59. The molecule has 0 aliphatic rings. The molecule has 1 aromatic heterocycles. The van der Waals surface area contributed by atoms with E-state index in [1.165, 1.54) is 0 Å². The van der Waals surface area contributed by atoms with Crippen molar-refractivity contribution in [3.8, 4) is 0 Å². The summed E-state index contributed by atoms with van der Waals surface area (Å²) in [7, 11) is 0. The minimum absolute atomic E-state index is 0.123. The first-order valence-electron chi connectivity index (χ1n) is 5.13. The molecule has 2 nitrogen and oxygen atoms in total. The molecule has 0 bridgehead atoms. The van der Waals surface area contributed by atoms with Crippen LogP contribution in [0.2, 0.25) is 10.0 Å². The second-order valence-electron chi connectivity index (χ2n) is 4.22. The number of benzene rings is 1. The van der Waals surface area contributed by atoms with E-state index in [9.17, 15) is 0 Å². The lowest BCUT2D eigenvalue weighted by Crippen LogP contribution is -2.15. The lowest BCUT2D eigenvalue weighted by atomic mass is 10.0. The lowest BCUT2D eigenvalue weighted by Gasteiger charge is -2.11. The molecule has 1 atom stereocenters. The van der Waals surface area contributed by atoms with Crippen LogP contribution in [0.25, 0.3) is 11.0 Å². The van der Waals surface area contributed by atoms with Gasteiger partial charge >= 0.3 is 0 Å². The summed E-state index contributed by atoms with van der Waals surface area (Å²) in [6.07, 6.45) is 0. The largest absolute Gasteiger partial charge is 0.458 e. The molecule has 1 heterocycles. The highest BCUT2D eigenvalue weighted by atomic mass is 35.5. The van der Waals surface area contributed by atoms with Gasteiger partial charge in [0, 0.05) is 10.4 Å². The molecular formula is C12H13Cl2NO. The molecule has 0 saturated carbocycles. The van der Waals surface area contributed by atoms with Crippen molar-refractivity contribution in [3.05, 3.63) is 34.0 Å². The molecule has 0 aliphatic heterocycles. The van der Waals surface area contributed by atoms with Crippen molar-refractivity contribution < 1.29 is 4.42 Å². The van der Waals surface area contributed by atoms with E-state index in [-0.39, 0.29) is 6.04 Å². The molecular weight excluding hydrogens is 245 g/mol. The Morgan fingerprint density at radius 2 is 1.88 bits per heavy atom. The second-order valence-corrected chi connectivity index (χ2v) is 5.07. The topological polar surface area (TPSA) is 39.2 Å². The Balaban J connectivity index is 2.56. The van der Waals surface area contributed by atoms with Crippen LogP contribution in [0.5, 0.6) is 0 Å². The third-order valence-corrected chi connectivity index (χ3v) is 3.10. The normalized spacial score (nSPS) is 13.6. The van der Waals surface area contributed by atoms with Crippen molar-refractivity contribution in [2.45, 2.75) is 19.9 Å². The van der Waals surface area contributed by atoms with Crippen LogP contribution in [0, 0.1) is 5.92 Å². The standard InChI is InChI=1S/C12H13Cl2NO/c1-6(2)11(15)10-4-7-3-8(13)5-9(14)12(7)16-10/h3-6,11H,15H2,1-2H3. The molecule has 0 fully saturated rings. The van der Waals surface area contributed by atoms with Gasteiger partial charge in [0.15, 0.2) is 5.58 Å². The first kappa shape index (κ1) is 11.8. The fraction of sp³-hybridized carbons (Fsp3) is 0.333. The van der Waals surface area contributed by atoms with E-state index in [2.05, 4.69) is 0 Å². The Labute approximate surface area is 104 Å². The maximum Gasteiger partial charge on any atom is 0.153 e. The van der Waals surface area contributed by atoms with E-state index in [4.69, 9.17) is 33.4 Å². The number of rotatable bonds is 2. The van der Waals surface area contributed by atoms with Crippen LogP contribution < -0.4 is 5.73 Å².